The average Bonchev–Trinajstić information content (AvgIpc) is 3.09. The Labute approximate surface area is 217 Å². The number of carbonyl (C=O) groups excluding carboxylic acids is 3. The third-order valence-electron chi connectivity index (χ3n) is 5.08. The maximum Gasteiger partial charge on any atom is 0.341 e. The summed E-state index contributed by atoms with van der Waals surface area (Å²) in [5, 5.41) is 6.70. The van der Waals surface area contributed by atoms with Gasteiger partial charge in [-0.15, -0.1) is 11.3 Å². The first kappa shape index (κ1) is 26.5. The van der Waals surface area contributed by atoms with Gasteiger partial charge < -0.3 is 20.1 Å². The van der Waals surface area contributed by atoms with Crippen molar-refractivity contribution >= 4 is 63.0 Å². The third-order valence-corrected chi connectivity index (χ3v) is 6.76. The number of anilines is 2. The van der Waals surface area contributed by atoms with Crippen LogP contribution < -0.4 is 15.4 Å². The molecule has 0 aliphatic carbocycles. The van der Waals surface area contributed by atoms with Gasteiger partial charge in [0.2, 0.25) is 0 Å². The number of amides is 2. The number of thiophene rings is 1. The van der Waals surface area contributed by atoms with E-state index in [0.717, 1.165) is 10.4 Å². The van der Waals surface area contributed by atoms with Crippen molar-refractivity contribution in [3.8, 4) is 5.75 Å². The van der Waals surface area contributed by atoms with E-state index in [9.17, 15) is 14.4 Å². The van der Waals surface area contributed by atoms with Crippen molar-refractivity contribution in [2.24, 2.45) is 0 Å². The molecule has 0 saturated carbocycles. The van der Waals surface area contributed by atoms with Gasteiger partial charge in [0.25, 0.3) is 11.8 Å². The minimum Gasteiger partial charge on any atom is -0.481 e. The number of nitrogens with one attached hydrogen (secondary N) is 2. The van der Waals surface area contributed by atoms with E-state index in [2.05, 4.69) is 10.6 Å². The zero-order valence-corrected chi connectivity index (χ0v) is 21.9. The number of benzene rings is 2. The molecular formula is C25H24Cl2N2O5S. The summed E-state index contributed by atoms with van der Waals surface area (Å²) in [7, 11) is 0. The molecule has 0 aliphatic rings. The molecule has 1 atom stereocenters. The fourth-order valence-electron chi connectivity index (χ4n) is 3.11. The highest BCUT2D eigenvalue weighted by Gasteiger charge is 2.23. The summed E-state index contributed by atoms with van der Waals surface area (Å²) in [6.45, 7) is 7.25. The van der Waals surface area contributed by atoms with Crippen LogP contribution in [0.4, 0.5) is 10.7 Å². The molecule has 184 valence electrons. The number of aryl methyl sites for hydroxylation is 1. The molecule has 0 fully saturated rings. The zero-order chi connectivity index (χ0) is 25.7. The molecule has 3 aromatic rings. The highest BCUT2D eigenvalue weighted by atomic mass is 35.5. The van der Waals surface area contributed by atoms with Gasteiger partial charge in [0, 0.05) is 15.5 Å². The Balaban J connectivity index is 1.65. The van der Waals surface area contributed by atoms with Gasteiger partial charge in [-0.2, -0.15) is 0 Å². The van der Waals surface area contributed by atoms with Crippen LogP contribution in [0.15, 0.2) is 42.5 Å². The number of hydrogen-bond acceptors (Lipinski definition) is 6. The predicted molar refractivity (Wildman–Crippen MR) is 139 cm³/mol. The van der Waals surface area contributed by atoms with Crippen LogP contribution in [-0.4, -0.2) is 30.5 Å². The fourth-order valence-corrected chi connectivity index (χ4v) is 4.49. The molecule has 2 aromatic carbocycles. The van der Waals surface area contributed by atoms with Gasteiger partial charge in [-0.25, -0.2) is 4.79 Å². The van der Waals surface area contributed by atoms with Gasteiger partial charge >= 0.3 is 5.97 Å². The van der Waals surface area contributed by atoms with Crippen LogP contribution in [0.3, 0.4) is 0 Å². The molecule has 10 heteroatoms. The van der Waals surface area contributed by atoms with Gasteiger partial charge in [0.15, 0.2) is 6.10 Å². The number of esters is 1. The zero-order valence-electron chi connectivity index (χ0n) is 19.5. The molecule has 35 heavy (non-hydrogen) atoms. The average molecular weight is 535 g/mol. The maximum absolute atomic E-state index is 12.8. The van der Waals surface area contributed by atoms with Gasteiger partial charge in [-0.05, 0) is 75.7 Å². The summed E-state index contributed by atoms with van der Waals surface area (Å²) in [6, 6.07) is 11.1. The molecular weight excluding hydrogens is 511 g/mol. The van der Waals surface area contributed by atoms with Crippen LogP contribution in [0.5, 0.6) is 5.75 Å². The molecule has 0 saturated heterocycles. The summed E-state index contributed by atoms with van der Waals surface area (Å²) >= 11 is 13.4. The Bertz CT molecular complexity index is 1260. The SMILES string of the molecule is CCOC(=O)c1c(NC(=O)c2ccc(O[C@H](C)C(=O)Nc3cc(Cl)ccc3Cl)cc2)sc(C)c1C. The molecule has 1 aromatic heterocycles. The van der Waals surface area contributed by atoms with Crippen molar-refractivity contribution in [1.29, 1.82) is 0 Å². The lowest BCUT2D eigenvalue weighted by atomic mass is 10.1. The van der Waals surface area contributed by atoms with E-state index < -0.39 is 18.0 Å². The van der Waals surface area contributed by atoms with Crippen LogP contribution in [0, 0.1) is 13.8 Å². The molecule has 0 aliphatic heterocycles. The Kier molecular flexibility index (Phi) is 8.77. The topological polar surface area (TPSA) is 93.7 Å². The second-order valence-electron chi connectivity index (χ2n) is 7.56. The summed E-state index contributed by atoms with van der Waals surface area (Å²) in [6.07, 6.45) is -0.839. The van der Waals surface area contributed by atoms with Gasteiger partial charge in [-0.1, -0.05) is 23.2 Å². The first-order chi connectivity index (χ1) is 16.6. The van der Waals surface area contributed by atoms with Crippen LogP contribution in [0.1, 0.15) is 45.0 Å². The van der Waals surface area contributed by atoms with E-state index in [1.807, 2.05) is 13.8 Å². The Morgan fingerprint density at radius 2 is 1.71 bits per heavy atom. The summed E-state index contributed by atoms with van der Waals surface area (Å²) in [5.74, 6) is -0.869. The Morgan fingerprint density at radius 3 is 2.37 bits per heavy atom. The lowest BCUT2D eigenvalue weighted by Crippen LogP contribution is -2.30. The molecule has 3 rings (SSSR count). The quantitative estimate of drug-likeness (QED) is 0.321. The lowest BCUT2D eigenvalue weighted by molar-refractivity contribution is -0.122. The van der Waals surface area contributed by atoms with Crippen molar-refractivity contribution in [2.45, 2.75) is 33.8 Å². The highest BCUT2D eigenvalue weighted by Crippen LogP contribution is 2.33. The van der Waals surface area contributed by atoms with Crippen molar-refractivity contribution in [3.05, 3.63) is 74.1 Å². The van der Waals surface area contributed by atoms with Crippen molar-refractivity contribution in [2.75, 3.05) is 17.2 Å². The van der Waals surface area contributed by atoms with E-state index in [1.54, 1.807) is 56.3 Å². The summed E-state index contributed by atoms with van der Waals surface area (Å²) in [5.41, 5.74) is 1.88. The van der Waals surface area contributed by atoms with E-state index >= 15 is 0 Å². The Morgan fingerprint density at radius 1 is 1.03 bits per heavy atom. The molecule has 2 amide bonds. The van der Waals surface area contributed by atoms with E-state index in [0.29, 0.717) is 37.6 Å². The first-order valence-corrected chi connectivity index (χ1v) is 12.3. The number of hydrogen-bond donors (Lipinski definition) is 2. The van der Waals surface area contributed by atoms with Crippen molar-refractivity contribution in [1.82, 2.24) is 0 Å². The number of rotatable bonds is 8. The lowest BCUT2D eigenvalue weighted by Gasteiger charge is -2.16. The number of ether oxygens (including phenoxy) is 2. The van der Waals surface area contributed by atoms with Crippen molar-refractivity contribution < 1.29 is 23.9 Å². The largest absolute Gasteiger partial charge is 0.481 e. The second-order valence-corrected chi connectivity index (χ2v) is 9.63. The molecule has 1 heterocycles. The van der Waals surface area contributed by atoms with Gasteiger partial charge in [-0.3, -0.25) is 9.59 Å². The maximum atomic E-state index is 12.8. The second kappa shape index (κ2) is 11.6. The fraction of sp³-hybridized carbons (Fsp3) is 0.240. The molecule has 0 spiro atoms. The van der Waals surface area contributed by atoms with E-state index in [4.69, 9.17) is 32.7 Å². The Hall–Kier alpha value is -3.07. The van der Waals surface area contributed by atoms with Crippen LogP contribution in [0.2, 0.25) is 10.0 Å². The third kappa shape index (κ3) is 6.54. The van der Waals surface area contributed by atoms with Crippen LogP contribution in [-0.2, 0) is 9.53 Å². The summed E-state index contributed by atoms with van der Waals surface area (Å²) in [4.78, 5) is 38.5. The van der Waals surface area contributed by atoms with E-state index in [1.165, 1.54) is 11.3 Å². The highest BCUT2D eigenvalue weighted by molar-refractivity contribution is 7.16. The molecule has 0 radical (unpaired) electrons. The molecule has 0 bridgehead atoms. The standard InChI is InChI=1S/C25H24Cl2N2O5S/c1-5-33-25(32)21-13(2)15(4)35-24(21)29-23(31)16-6-9-18(10-7-16)34-14(3)22(30)28-20-12-17(26)8-11-19(20)27/h6-12,14H,5H2,1-4H3,(H,28,30)(H,29,31)/t14-/m1/s1. The molecule has 0 unspecified atom stereocenters. The van der Waals surface area contributed by atoms with Gasteiger partial charge in [0.05, 0.1) is 22.9 Å². The van der Waals surface area contributed by atoms with E-state index in [-0.39, 0.29) is 12.5 Å². The van der Waals surface area contributed by atoms with Crippen LogP contribution in [0.25, 0.3) is 0 Å². The number of halogens is 2. The van der Waals surface area contributed by atoms with Crippen molar-refractivity contribution in [3.63, 3.8) is 0 Å². The monoisotopic (exact) mass is 534 g/mol. The van der Waals surface area contributed by atoms with Gasteiger partial charge in [0.1, 0.15) is 10.8 Å². The smallest absolute Gasteiger partial charge is 0.341 e. The predicted octanol–water partition coefficient (Wildman–Crippen LogP) is 6.51. The normalized spacial score (nSPS) is 11.5. The molecule has 2 N–H and O–H groups in total. The number of carbonyl (C=O) groups is 3. The van der Waals surface area contributed by atoms with Crippen LogP contribution >= 0.6 is 34.5 Å². The molecule has 7 nitrogen and oxygen atoms in total. The minimum absolute atomic E-state index is 0.241. The summed E-state index contributed by atoms with van der Waals surface area (Å²) < 4.78 is 10.8. The minimum atomic E-state index is -0.839. The first-order valence-electron chi connectivity index (χ1n) is 10.7.